The Morgan fingerprint density at radius 3 is 3.00 bits per heavy atom. The Balaban J connectivity index is 1.69. The molecule has 0 radical (unpaired) electrons. The third-order valence-electron chi connectivity index (χ3n) is 2.72. The minimum absolute atomic E-state index is 0.113. The molecule has 5 nitrogen and oxygen atoms in total. The van der Waals surface area contributed by atoms with Crippen molar-refractivity contribution in [2.75, 3.05) is 11.1 Å². The van der Waals surface area contributed by atoms with Crippen LogP contribution in [0.15, 0.2) is 41.2 Å². The highest BCUT2D eigenvalue weighted by Crippen LogP contribution is 2.24. The molecule has 106 valence electrons. The van der Waals surface area contributed by atoms with Crippen LogP contribution in [-0.2, 0) is 11.2 Å². The third-order valence-corrected chi connectivity index (χ3v) is 4.26. The fourth-order valence-electron chi connectivity index (χ4n) is 1.81. The molecule has 3 N–H and O–H groups in total. The number of nitrogens with two attached hydrogens (primary N) is 1. The molecule has 2 heterocycles. The van der Waals surface area contributed by atoms with Gasteiger partial charge in [-0.3, -0.25) is 4.79 Å². The van der Waals surface area contributed by atoms with Gasteiger partial charge in [-0.15, -0.1) is 22.7 Å². The second-order valence-corrected chi connectivity index (χ2v) is 6.15. The minimum Gasteiger partial charge on any atom is -0.399 e. The number of nitrogens with one attached hydrogen (secondary N) is 1. The summed E-state index contributed by atoms with van der Waals surface area (Å²) in [7, 11) is 0. The average molecular weight is 316 g/mol. The van der Waals surface area contributed by atoms with Crippen molar-refractivity contribution in [3.8, 4) is 11.3 Å². The summed E-state index contributed by atoms with van der Waals surface area (Å²) >= 11 is 2.85. The zero-order chi connectivity index (χ0) is 14.7. The van der Waals surface area contributed by atoms with Crippen LogP contribution in [0.5, 0.6) is 0 Å². The smallest absolute Gasteiger partial charge is 0.233 e. The summed E-state index contributed by atoms with van der Waals surface area (Å²) in [5.74, 6) is -0.113. The van der Waals surface area contributed by atoms with Crippen molar-refractivity contribution in [1.29, 1.82) is 0 Å². The van der Waals surface area contributed by atoms with Gasteiger partial charge in [0, 0.05) is 28.2 Å². The summed E-state index contributed by atoms with van der Waals surface area (Å²) in [6, 6.07) is 7.54. The second kappa shape index (κ2) is 6.02. The number of nitrogens with zero attached hydrogens (tertiary/aromatic N) is 2. The quantitative estimate of drug-likeness (QED) is 0.725. The van der Waals surface area contributed by atoms with E-state index in [0.717, 1.165) is 16.3 Å². The fourth-order valence-corrected chi connectivity index (χ4v) is 3.16. The molecule has 0 unspecified atom stereocenters. The van der Waals surface area contributed by atoms with Crippen molar-refractivity contribution in [2.24, 2.45) is 0 Å². The van der Waals surface area contributed by atoms with E-state index in [0.29, 0.717) is 10.8 Å². The first-order valence-corrected chi connectivity index (χ1v) is 7.96. The number of benzene rings is 1. The van der Waals surface area contributed by atoms with Gasteiger partial charge in [0.1, 0.15) is 5.01 Å². The molecule has 1 amide bonds. The number of aromatic nitrogens is 2. The van der Waals surface area contributed by atoms with Crippen LogP contribution in [0.2, 0.25) is 0 Å². The van der Waals surface area contributed by atoms with Gasteiger partial charge in [-0.1, -0.05) is 12.1 Å². The van der Waals surface area contributed by atoms with Crippen LogP contribution in [0.25, 0.3) is 11.3 Å². The Morgan fingerprint density at radius 2 is 2.24 bits per heavy atom. The van der Waals surface area contributed by atoms with Gasteiger partial charge < -0.3 is 11.1 Å². The van der Waals surface area contributed by atoms with E-state index in [-0.39, 0.29) is 12.3 Å². The summed E-state index contributed by atoms with van der Waals surface area (Å²) in [4.78, 5) is 20.4. The zero-order valence-corrected chi connectivity index (χ0v) is 12.6. The summed E-state index contributed by atoms with van der Waals surface area (Å²) in [6.45, 7) is 0. The van der Waals surface area contributed by atoms with E-state index < -0.39 is 0 Å². The highest BCUT2D eigenvalue weighted by atomic mass is 32.1. The number of nitrogen functional groups attached to an aromatic ring is 1. The number of hydrogen-bond acceptors (Lipinski definition) is 6. The van der Waals surface area contributed by atoms with Crippen LogP contribution < -0.4 is 11.1 Å². The predicted octanol–water partition coefficient (Wildman–Crippen LogP) is 3.03. The van der Waals surface area contributed by atoms with Crippen LogP contribution in [-0.4, -0.2) is 15.9 Å². The molecule has 0 fully saturated rings. The summed E-state index contributed by atoms with van der Waals surface area (Å²) in [5.41, 5.74) is 8.26. The number of amides is 1. The maximum absolute atomic E-state index is 11.9. The number of anilines is 2. The average Bonchev–Trinajstić information content (AvgIpc) is 3.10. The lowest BCUT2D eigenvalue weighted by Crippen LogP contribution is -2.13. The topological polar surface area (TPSA) is 80.9 Å². The van der Waals surface area contributed by atoms with Gasteiger partial charge in [0.05, 0.1) is 12.1 Å². The van der Waals surface area contributed by atoms with Crippen molar-refractivity contribution in [2.45, 2.75) is 6.42 Å². The van der Waals surface area contributed by atoms with E-state index in [9.17, 15) is 4.79 Å². The van der Waals surface area contributed by atoms with Gasteiger partial charge in [-0.05, 0) is 12.1 Å². The number of hydrogen-bond donors (Lipinski definition) is 2. The van der Waals surface area contributed by atoms with Crippen LogP contribution in [0, 0.1) is 0 Å². The molecule has 0 aliphatic rings. The minimum atomic E-state index is -0.113. The molecule has 3 aromatic rings. The maximum atomic E-state index is 11.9. The lowest BCUT2D eigenvalue weighted by Gasteiger charge is -1.99. The van der Waals surface area contributed by atoms with Crippen molar-refractivity contribution in [3.05, 3.63) is 46.2 Å². The first kappa shape index (κ1) is 13.7. The van der Waals surface area contributed by atoms with Gasteiger partial charge in [0.15, 0.2) is 5.13 Å². The Hall–Kier alpha value is -2.25. The van der Waals surface area contributed by atoms with Gasteiger partial charge in [0.2, 0.25) is 5.91 Å². The van der Waals surface area contributed by atoms with E-state index in [4.69, 9.17) is 5.73 Å². The summed E-state index contributed by atoms with van der Waals surface area (Å²) in [5, 5.41) is 7.86. The Labute approximate surface area is 129 Å². The van der Waals surface area contributed by atoms with Crippen LogP contribution in [0.4, 0.5) is 10.8 Å². The molecule has 0 spiro atoms. The van der Waals surface area contributed by atoms with Crippen molar-refractivity contribution in [3.63, 3.8) is 0 Å². The Bertz CT molecular complexity index is 752. The Kier molecular flexibility index (Phi) is 3.94. The first-order chi connectivity index (χ1) is 10.2. The van der Waals surface area contributed by atoms with Crippen molar-refractivity contribution < 1.29 is 4.79 Å². The Morgan fingerprint density at radius 1 is 1.33 bits per heavy atom. The van der Waals surface area contributed by atoms with E-state index in [1.807, 2.05) is 35.0 Å². The fraction of sp³-hybridized carbons (Fsp3) is 0.0714. The zero-order valence-electron chi connectivity index (χ0n) is 10.9. The molecule has 0 saturated heterocycles. The highest BCUT2D eigenvalue weighted by Gasteiger charge is 2.10. The van der Waals surface area contributed by atoms with E-state index in [1.165, 1.54) is 22.7 Å². The van der Waals surface area contributed by atoms with Gasteiger partial charge in [-0.2, -0.15) is 0 Å². The molecule has 1 aromatic carbocycles. The summed E-state index contributed by atoms with van der Waals surface area (Å²) in [6.07, 6.45) is 1.90. The molecule has 0 atom stereocenters. The van der Waals surface area contributed by atoms with Gasteiger partial charge in [-0.25, -0.2) is 9.97 Å². The lowest BCUT2D eigenvalue weighted by molar-refractivity contribution is -0.115. The predicted molar refractivity (Wildman–Crippen MR) is 86.4 cm³/mol. The highest BCUT2D eigenvalue weighted by molar-refractivity contribution is 7.13. The number of carbonyl (C=O) groups is 1. The SMILES string of the molecule is Nc1cccc(-c2csc(CC(=O)Nc3nccs3)n2)c1. The van der Waals surface area contributed by atoms with Crippen LogP contribution in [0.1, 0.15) is 5.01 Å². The monoisotopic (exact) mass is 316 g/mol. The number of carbonyl (C=O) groups excluding carboxylic acids is 1. The van der Waals surface area contributed by atoms with Crippen molar-refractivity contribution >= 4 is 39.4 Å². The summed E-state index contributed by atoms with van der Waals surface area (Å²) < 4.78 is 0. The van der Waals surface area contributed by atoms with E-state index >= 15 is 0 Å². The molecule has 2 aromatic heterocycles. The molecular weight excluding hydrogens is 304 g/mol. The second-order valence-electron chi connectivity index (χ2n) is 4.31. The third kappa shape index (κ3) is 3.45. The largest absolute Gasteiger partial charge is 0.399 e. The molecule has 0 saturated carbocycles. The maximum Gasteiger partial charge on any atom is 0.233 e. The molecule has 21 heavy (non-hydrogen) atoms. The lowest BCUT2D eigenvalue weighted by atomic mass is 10.1. The normalized spacial score (nSPS) is 10.5. The number of thiazole rings is 2. The molecule has 0 aliphatic heterocycles. The molecule has 0 aliphatic carbocycles. The van der Waals surface area contributed by atoms with Crippen LogP contribution in [0.3, 0.4) is 0 Å². The van der Waals surface area contributed by atoms with Gasteiger partial charge >= 0.3 is 0 Å². The van der Waals surface area contributed by atoms with E-state index in [1.54, 1.807) is 6.20 Å². The first-order valence-electron chi connectivity index (χ1n) is 6.20. The van der Waals surface area contributed by atoms with Crippen LogP contribution >= 0.6 is 22.7 Å². The molecule has 7 heteroatoms. The van der Waals surface area contributed by atoms with Gasteiger partial charge in [0.25, 0.3) is 0 Å². The standard InChI is InChI=1S/C14H12N4OS2/c15-10-3-1-2-9(6-10)11-8-21-13(17-11)7-12(19)18-14-16-4-5-20-14/h1-6,8H,7,15H2,(H,16,18,19). The molecular formula is C14H12N4OS2. The molecule has 0 bridgehead atoms. The molecule has 3 rings (SSSR count). The van der Waals surface area contributed by atoms with E-state index in [2.05, 4.69) is 15.3 Å². The van der Waals surface area contributed by atoms with Crippen molar-refractivity contribution in [1.82, 2.24) is 9.97 Å². The number of rotatable bonds is 4.